The van der Waals surface area contributed by atoms with E-state index in [1.807, 2.05) is 31.2 Å². The molecule has 1 spiro atoms. The first-order chi connectivity index (χ1) is 23.0. The topological polar surface area (TPSA) is 97.3 Å². The van der Waals surface area contributed by atoms with Gasteiger partial charge >= 0.3 is 0 Å². The van der Waals surface area contributed by atoms with Gasteiger partial charge in [-0.05, 0) is 105 Å². The normalized spacial score (nSPS) is 24.6. The predicted octanol–water partition coefficient (Wildman–Crippen LogP) is 7.69. The molecule has 3 aliphatic rings. The van der Waals surface area contributed by atoms with Gasteiger partial charge in [0.1, 0.15) is 15.7 Å². The van der Waals surface area contributed by atoms with Crippen LogP contribution in [-0.2, 0) is 31.3 Å². The third-order valence-electron chi connectivity index (χ3n) is 10.8. The highest BCUT2D eigenvalue weighted by atomic mass is 35.5. The van der Waals surface area contributed by atoms with Crippen molar-refractivity contribution in [3.63, 3.8) is 0 Å². The van der Waals surface area contributed by atoms with Crippen molar-refractivity contribution >= 4 is 39.0 Å². The van der Waals surface area contributed by atoms with E-state index in [0.29, 0.717) is 42.7 Å². The number of aryl methyl sites for hydroxylation is 1. The van der Waals surface area contributed by atoms with Gasteiger partial charge in [0.05, 0.1) is 23.6 Å². The first-order valence-electron chi connectivity index (χ1n) is 17.1. The molecule has 2 aromatic carbocycles. The highest BCUT2D eigenvalue weighted by Crippen LogP contribution is 2.47. The first-order valence-corrected chi connectivity index (χ1v) is 19.1. The average Bonchev–Trinajstić information content (AvgIpc) is 3.21. The van der Waals surface area contributed by atoms with Crippen molar-refractivity contribution in [1.82, 2.24) is 4.72 Å². The van der Waals surface area contributed by atoms with Crippen LogP contribution in [0.2, 0.25) is 5.02 Å². The van der Waals surface area contributed by atoms with Crippen molar-refractivity contribution < 1.29 is 23.3 Å². The number of allylic oxidation sites excluding steroid dienone is 1. The quantitative estimate of drug-likeness (QED) is 0.229. The van der Waals surface area contributed by atoms with E-state index in [2.05, 4.69) is 39.3 Å². The molecular formula is C38H50ClN3O5S. The molecule has 260 valence electrons. The summed E-state index contributed by atoms with van der Waals surface area (Å²) in [4.78, 5) is 28.7. The molecule has 5 rings (SSSR count). The lowest BCUT2D eigenvalue weighted by Crippen LogP contribution is -2.49. The number of hydrogen-bond donors (Lipinski definition) is 1. The Morgan fingerprint density at radius 3 is 2.69 bits per heavy atom. The zero-order valence-corrected chi connectivity index (χ0v) is 30.3. The second-order valence-electron chi connectivity index (χ2n) is 13.8. The monoisotopic (exact) mass is 695 g/mol. The summed E-state index contributed by atoms with van der Waals surface area (Å²) in [6.07, 6.45) is 9.41. The van der Waals surface area contributed by atoms with Gasteiger partial charge in [-0.1, -0.05) is 43.7 Å². The fourth-order valence-corrected chi connectivity index (χ4v) is 9.77. The van der Waals surface area contributed by atoms with E-state index in [9.17, 15) is 13.8 Å². The van der Waals surface area contributed by atoms with E-state index in [0.717, 1.165) is 49.4 Å². The summed E-state index contributed by atoms with van der Waals surface area (Å²) in [6, 6.07) is 11.5. The minimum Gasteiger partial charge on any atom is -0.490 e. The first kappa shape index (κ1) is 36.1. The Bertz CT molecular complexity index is 1670. The van der Waals surface area contributed by atoms with Gasteiger partial charge in [-0.15, -0.1) is 17.5 Å². The number of rotatable bonds is 12. The van der Waals surface area contributed by atoms with Crippen LogP contribution < -0.4 is 14.4 Å². The zero-order chi connectivity index (χ0) is 34.6. The summed E-state index contributed by atoms with van der Waals surface area (Å²) >= 11 is 6.44. The zero-order valence-electron chi connectivity index (χ0n) is 28.7. The summed E-state index contributed by atoms with van der Waals surface area (Å²) < 4.78 is 33.5. The fraction of sp³-hybridized carbons (Fsp3) is 0.526. The molecule has 48 heavy (non-hydrogen) atoms. The number of ether oxygens (including phenoxy) is 2. The van der Waals surface area contributed by atoms with Gasteiger partial charge in [0, 0.05) is 42.6 Å². The molecule has 8 nitrogen and oxygen atoms in total. The standard InChI is InChI=1S/C38H50ClN3O5S/c1-7-11-25(4)26(5)48(45,40-36(43)9-3)41-37(44)28-14-18-35-33(21-28)42(22-29-13-16-31(29)34(8-2)46-6)23-38(24-47-35)19-10-12-27-20-30(39)15-17-32(27)38/h7-8,14-15,17-18,20-21,25-26,29,31,34H,1-2,9-13,16,19,22-24H2,3-6H3,(H,40,41,43,44,45)/t25-,26+,29-,31+,34-,38-,48?/m0/s1. The van der Waals surface area contributed by atoms with Crippen LogP contribution in [0.25, 0.3) is 0 Å². The van der Waals surface area contributed by atoms with E-state index in [1.54, 1.807) is 33.1 Å². The number of anilines is 1. The highest BCUT2D eigenvalue weighted by Gasteiger charge is 2.44. The van der Waals surface area contributed by atoms with Crippen LogP contribution in [0.3, 0.4) is 0 Å². The summed E-state index contributed by atoms with van der Waals surface area (Å²) in [5.74, 6) is 0.231. The van der Waals surface area contributed by atoms with Gasteiger partial charge in [-0.25, -0.2) is 4.21 Å². The number of nitrogens with one attached hydrogen (secondary N) is 1. The molecule has 0 aromatic heterocycles. The van der Waals surface area contributed by atoms with Crippen molar-refractivity contribution in [1.29, 1.82) is 0 Å². The number of benzene rings is 2. The molecule has 2 aromatic rings. The Hall–Kier alpha value is -3.14. The molecule has 1 N–H and O–H groups in total. The molecule has 1 aliphatic heterocycles. The number of carbonyl (C=O) groups excluding carboxylic acids is 2. The number of amides is 2. The van der Waals surface area contributed by atoms with E-state index in [-0.39, 0.29) is 23.9 Å². The molecule has 1 saturated carbocycles. The lowest BCUT2D eigenvalue weighted by Gasteiger charge is -2.46. The van der Waals surface area contributed by atoms with Gasteiger partial charge in [-0.2, -0.15) is 0 Å². The molecule has 7 atom stereocenters. The van der Waals surface area contributed by atoms with Crippen LogP contribution in [-0.4, -0.2) is 54.2 Å². The van der Waals surface area contributed by atoms with E-state index >= 15 is 0 Å². The molecule has 2 amide bonds. The highest BCUT2D eigenvalue weighted by molar-refractivity contribution is 7.93. The van der Waals surface area contributed by atoms with Gasteiger partial charge in [0.25, 0.3) is 5.91 Å². The van der Waals surface area contributed by atoms with Gasteiger partial charge in [-0.3, -0.25) is 14.3 Å². The Balaban J connectivity index is 1.56. The van der Waals surface area contributed by atoms with Crippen molar-refractivity contribution in [2.45, 2.75) is 82.5 Å². The Labute approximate surface area is 291 Å². The minimum absolute atomic E-state index is 0.0263. The molecule has 0 saturated heterocycles. The smallest absolute Gasteiger partial charge is 0.286 e. The molecule has 0 radical (unpaired) electrons. The molecule has 1 unspecified atom stereocenters. The lowest BCUT2D eigenvalue weighted by atomic mass is 9.68. The summed E-state index contributed by atoms with van der Waals surface area (Å²) in [5.41, 5.74) is 3.36. The predicted molar refractivity (Wildman–Crippen MR) is 194 cm³/mol. The second kappa shape index (κ2) is 15.2. The van der Waals surface area contributed by atoms with E-state index in [4.69, 9.17) is 21.1 Å². The van der Waals surface area contributed by atoms with Crippen molar-refractivity contribution in [2.24, 2.45) is 22.1 Å². The number of methoxy groups -OCH3 is 1. The van der Waals surface area contributed by atoms with Crippen molar-refractivity contribution in [3.05, 3.63) is 83.4 Å². The number of carbonyl (C=O) groups is 2. The van der Waals surface area contributed by atoms with Crippen LogP contribution in [0.1, 0.15) is 80.8 Å². The minimum atomic E-state index is -3.44. The van der Waals surface area contributed by atoms with Gasteiger partial charge in [0.15, 0.2) is 0 Å². The fourth-order valence-electron chi connectivity index (χ4n) is 7.61. The van der Waals surface area contributed by atoms with Gasteiger partial charge in [0.2, 0.25) is 5.91 Å². The Morgan fingerprint density at radius 1 is 1.23 bits per heavy atom. The Morgan fingerprint density at radius 2 is 2.02 bits per heavy atom. The summed E-state index contributed by atoms with van der Waals surface area (Å²) in [7, 11) is -1.70. The summed E-state index contributed by atoms with van der Waals surface area (Å²) in [6.45, 7) is 15.1. The van der Waals surface area contributed by atoms with Crippen LogP contribution in [0, 0.1) is 17.8 Å². The molecule has 2 aliphatic carbocycles. The average molecular weight is 696 g/mol. The van der Waals surface area contributed by atoms with E-state index < -0.39 is 27.0 Å². The number of halogens is 1. The number of hydrogen-bond acceptors (Lipinski definition) is 6. The number of nitrogens with zero attached hydrogens (tertiary/aromatic N) is 2. The number of fused-ring (bicyclic) bond motifs is 3. The molecule has 1 heterocycles. The van der Waals surface area contributed by atoms with Crippen LogP contribution in [0.15, 0.2) is 66.1 Å². The largest absolute Gasteiger partial charge is 0.490 e. The van der Waals surface area contributed by atoms with Crippen molar-refractivity contribution in [3.8, 4) is 5.75 Å². The van der Waals surface area contributed by atoms with Crippen LogP contribution in [0.4, 0.5) is 5.69 Å². The molecule has 1 fully saturated rings. The molecule has 10 heteroatoms. The van der Waals surface area contributed by atoms with Crippen LogP contribution in [0.5, 0.6) is 5.75 Å². The van der Waals surface area contributed by atoms with E-state index in [1.165, 1.54) is 11.1 Å². The second-order valence-corrected chi connectivity index (χ2v) is 16.5. The molecule has 0 bridgehead atoms. The van der Waals surface area contributed by atoms with Crippen molar-refractivity contribution in [2.75, 3.05) is 31.7 Å². The third-order valence-corrected chi connectivity index (χ3v) is 13.5. The van der Waals surface area contributed by atoms with Gasteiger partial charge < -0.3 is 14.4 Å². The Kier molecular flexibility index (Phi) is 11.4. The van der Waals surface area contributed by atoms with Crippen LogP contribution >= 0.6 is 11.6 Å². The maximum absolute atomic E-state index is 14.2. The third kappa shape index (κ3) is 7.38. The SMILES string of the molecule is C=CC[C@H](C)[C@@H](C)S(=O)(=NC(=O)c1ccc2c(c1)N(C[C@@H]1CC[C@H]1[C@H](C=C)OC)C[C@@]1(CCCc3cc(Cl)ccc31)CO2)NC(=O)CC. The maximum Gasteiger partial charge on any atom is 0.286 e. The summed E-state index contributed by atoms with van der Waals surface area (Å²) in [5, 5.41) is 0.157. The molecular weight excluding hydrogens is 646 g/mol. The lowest BCUT2D eigenvalue weighted by molar-refractivity contribution is -0.119. The maximum atomic E-state index is 14.2.